The van der Waals surface area contributed by atoms with Crippen molar-refractivity contribution in [1.29, 1.82) is 0 Å². The Bertz CT molecular complexity index is 426. The van der Waals surface area contributed by atoms with Crippen LogP contribution in [0.3, 0.4) is 0 Å². The van der Waals surface area contributed by atoms with E-state index in [1.54, 1.807) is 0 Å². The maximum absolute atomic E-state index is 13.3. The van der Waals surface area contributed by atoms with Crippen molar-refractivity contribution in [2.45, 2.75) is 25.7 Å². The summed E-state index contributed by atoms with van der Waals surface area (Å²) in [6, 6.07) is 2.37. The normalized spacial score (nSPS) is 10.6. The highest BCUT2D eigenvalue weighted by molar-refractivity contribution is 9.10. The topological polar surface area (TPSA) is 63.4 Å². The fraction of sp³-hybridized carbons (Fsp3) is 0.417. The molecule has 1 N–H and O–H groups in total. The van der Waals surface area contributed by atoms with Gasteiger partial charge in [-0.05, 0) is 47.7 Å². The molecule has 1 rings (SSSR count). The van der Waals surface area contributed by atoms with Crippen LogP contribution in [0.5, 0.6) is 0 Å². The third kappa shape index (κ3) is 4.34. The molecule has 0 amide bonds. The zero-order valence-corrected chi connectivity index (χ0v) is 11.3. The molecule has 0 aliphatic rings. The first-order valence-electron chi connectivity index (χ1n) is 5.61. The molecule has 0 heterocycles. The number of nitrogens with zero attached hydrogens (tertiary/aromatic N) is 1. The number of aliphatic hydroxyl groups is 1. The third-order valence-electron chi connectivity index (χ3n) is 2.50. The first kappa shape index (κ1) is 15.0. The van der Waals surface area contributed by atoms with Gasteiger partial charge < -0.3 is 5.11 Å². The number of hydrogen-bond acceptors (Lipinski definition) is 3. The summed E-state index contributed by atoms with van der Waals surface area (Å²) in [6.07, 6.45) is 4.49. The van der Waals surface area contributed by atoms with E-state index in [0.717, 1.165) is 12.8 Å². The molecule has 4 nitrogen and oxygen atoms in total. The zero-order valence-electron chi connectivity index (χ0n) is 9.73. The van der Waals surface area contributed by atoms with Crippen LogP contribution in [0.2, 0.25) is 0 Å². The minimum Gasteiger partial charge on any atom is -0.396 e. The van der Waals surface area contributed by atoms with Crippen molar-refractivity contribution < 1.29 is 14.4 Å². The Balaban J connectivity index is 2.68. The SMILES string of the molecule is O=[N+]([O-])c1cc(Br)c(F)cc1C[CH]CCCCO. The van der Waals surface area contributed by atoms with E-state index < -0.39 is 10.7 Å². The average molecular weight is 319 g/mol. The van der Waals surface area contributed by atoms with Gasteiger partial charge in [-0.25, -0.2) is 4.39 Å². The first-order chi connectivity index (χ1) is 8.56. The van der Waals surface area contributed by atoms with Crippen LogP contribution >= 0.6 is 15.9 Å². The number of rotatable bonds is 7. The quantitative estimate of drug-likeness (QED) is 0.476. The first-order valence-corrected chi connectivity index (χ1v) is 6.40. The number of aliphatic hydroxyl groups excluding tert-OH is 1. The summed E-state index contributed by atoms with van der Waals surface area (Å²) in [6.45, 7) is 0.140. The highest BCUT2D eigenvalue weighted by atomic mass is 79.9. The number of halogens is 2. The Morgan fingerprint density at radius 2 is 2.17 bits per heavy atom. The number of nitro benzene ring substituents is 1. The van der Waals surface area contributed by atoms with Crippen LogP contribution in [0, 0.1) is 22.4 Å². The largest absolute Gasteiger partial charge is 0.396 e. The van der Waals surface area contributed by atoms with Gasteiger partial charge in [0, 0.05) is 18.2 Å². The predicted octanol–water partition coefficient (Wildman–Crippen LogP) is 3.41. The fourth-order valence-electron chi connectivity index (χ4n) is 1.57. The van der Waals surface area contributed by atoms with Crippen LogP contribution in [0.4, 0.5) is 10.1 Å². The van der Waals surface area contributed by atoms with Crippen molar-refractivity contribution in [3.05, 3.63) is 44.5 Å². The van der Waals surface area contributed by atoms with Gasteiger partial charge in [-0.2, -0.15) is 0 Å². The summed E-state index contributed by atoms with van der Waals surface area (Å²) in [5.41, 5.74) is 0.284. The zero-order chi connectivity index (χ0) is 13.5. The van der Waals surface area contributed by atoms with Crippen molar-refractivity contribution in [2.75, 3.05) is 6.61 Å². The highest BCUT2D eigenvalue weighted by Gasteiger charge is 2.16. The van der Waals surface area contributed by atoms with Gasteiger partial charge in [-0.15, -0.1) is 0 Å². The van der Waals surface area contributed by atoms with E-state index in [1.165, 1.54) is 12.1 Å². The smallest absolute Gasteiger partial charge is 0.273 e. The number of benzene rings is 1. The van der Waals surface area contributed by atoms with Crippen molar-refractivity contribution in [1.82, 2.24) is 0 Å². The van der Waals surface area contributed by atoms with Crippen molar-refractivity contribution >= 4 is 21.6 Å². The van der Waals surface area contributed by atoms with Crippen LogP contribution in [0.1, 0.15) is 24.8 Å². The number of unbranched alkanes of at least 4 members (excludes halogenated alkanes) is 3. The molecule has 0 saturated heterocycles. The molecule has 18 heavy (non-hydrogen) atoms. The molecule has 1 aromatic carbocycles. The van der Waals surface area contributed by atoms with E-state index >= 15 is 0 Å². The molecule has 0 fully saturated rings. The minimum absolute atomic E-state index is 0.0818. The molecule has 0 unspecified atom stereocenters. The average Bonchev–Trinajstić information content (AvgIpc) is 2.32. The van der Waals surface area contributed by atoms with E-state index in [1.807, 2.05) is 6.42 Å². The molecule has 0 aromatic heterocycles. The van der Waals surface area contributed by atoms with Crippen LogP contribution in [-0.2, 0) is 6.42 Å². The molecule has 0 saturated carbocycles. The summed E-state index contributed by atoms with van der Waals surface area (Å²) in [5, 5.41) is 19.4. The molecule has 0 aliphatic carbocycles. The molecule has 0 atom stereocenters. The summed E-state index contributed by atoms with van der Waals surface area (Å²) < 4.78 is 13.4. The van der Waals surface area contributed by atoms with Gasteiger partial charge >= 0.3 is 0 Å². The van der Waals surface area contributed by atoms with E-state index in [4.69, 9.17) is 5.11 Å². The second-order valence-corrected chi connectivity index (χ2v) is 4.72. The van der Waals surface area contributed by atoms with Gasteiger partial charge in [0.15, 0.2) is 0 Å². The van der Waals surface area contributed by atoms with E-state index in [2.05, 4.69) is 15.9 Å². The van der Waals surface area contributed by atoms with Crippen molar-refractivity contribution in [3.63, 3.8) is 0 Å². The second-order valence-electron chi connectivity index (χ2n) is 3.86. The Kier molecular flexibility index (Phi) is 6.21. The predicted molar refractivity (Wildman–Crippen MR) is 69.7 cm³/mol. The third-order valence-corrected chi connectivity index (χ3v) is 3.11. The van der Waals surface area contributed by atoms with Gasteiger partial charge in [0.2, 0.25) is 0 Å². The lowest BCUT2D eigenvalue weighted by Crippen LogP contribution is -1.98. The van der Waals surface area contributed by atoms with Gasteiger partial charge in [0.25, 0.3) is 5.69 Å². The minimum atomic E-state index is -0.513. The lowest BCUT2D eigenvalue weighted by molar-refractivity contribution is -0.385. The molecule has 99 valence electrons. The monoisotopic (exact) mass is 318 g/mol. The molecule has 1 radical (unpaired) electrons. The summed E-state index contributed by atoms with van der Waals surface area (Å²) in [7, 11) is 0. The summed E-state index contributed by atoms with van der Waals surface area (Å²) >= 11 is 2.93. The van der Waals surface area contributed by atoms with Crippen LogP contribution in [0.15, 0.2) is 16.6 Å². The van der Waals surface area contributed by atoms with Crippen LogP contribution < -0.4 is 0 Å². The van der Waals surface area contributed by atoms with Gasteiger partial charge in [-0.1, -0.05) is 6.42 Å². The molecule has 6 heteroatoms. The van der Waals surface area contributed by atoms with E-state index in [-0.39, 0.29) is 16.8 Å². The van der Waals surface area contributed by atoms with Crippen molar-refractivity contribution in [2.24, 2.45) is 0 Å². The fourth-order valence-corrected chi connectivity index (χ4v) is 1.90. The molecule has 0 bridgehead atoms. The van der Waals surface area contributed by atoms with Crippen LogP contribution in [-0.4, -0.2) is 16.6 Å². The van der Waals surface area contributed by atoms with Crippen LogP contribution in [0.25, 0.3) is 0 Å². The van der Waals surface area contributed by atoms with E-state index in [0.29, 0.717) is 18.4 Å². The Morgan fingerprint density at radius 1 is 1.44 bits per heavy atom. The molecular formula is C12H14BrFNO3. The molecule has 0 aliphatic heterocycles. The van der Waals surface area contributed by atoms with Gasteiger partial charge in [0.1, 0.15) is 5.82 Å². The Hall–Kier alpha value is -1.01. The standard InChI is InChI=1S/C12H14BrFNO3/c13-10-8-12(15(17)18)9(7-11(10)14)5-3-1-2-4-6-16/h3,7-8,16H,1-2,4-6H2. The maximum atomic E-state index is 13.3. The molecule has 0 spiro atoms. The van der Waals surface area contributed by atoms with Gasteiger partial charge in [-0.3, -0.25) is 10.1 Å². The lowest BCUT2D eigenvalue weighted by Gasteiger charge is -2.04. The van der Waals surface area contributed by atoms with Crippen molar-refractivity contribution in [3.8, 4) is 0 Å². The number of nitro groups is 1. The van der Waals surface area contributed by atoms with Gasteiger partial charge in [0.05, 0.1) is 9.40 Å². The summed E-state index contributed by atoms with van der Waals surface area (Å²) in [5.74, 6) is -0.501. The van der Waals surface area contributed by atoms with E-state index in [9.17, 15) is 14.5 Å². The highest BCUT2D eigenvalue weighted by Crippen LogP contribution is 2.27. The maximum Gasteiger partial charge on any atom is 0.273 e. The number of hydrogen-bond donors (Lipinski definition) is 1. The summed E-state index contributed by atoms with van der Waals surface area (Å²) in [4.78, 5) is 10.3. The Morgan fingerprint density at radius 3 is 2.78 bits per heavy atom. The lowest BCUT2D eigenvalue weighted by atomic mass is 10.0. The molecule has 1 aromatic rings. The Labute approximate surface area is 113 Å². The second kappa shape index (κ2) is 7.43. The molecular weight excluding hydrogens is 305 g/mol.